The first-order chi connectivity index (χ1) is 15.2. The van der Waals surface area contributed by atoms with Crippen LogP contribution in [0.25, 0.3) is 0 Å². The molecule has 0 N–H and O–H groups in total. The minimum Gasteiger partial charge on any atom is -0.494 e. The fourth-order valence-corrected chi connectivity index (χ4v) is 4.22. The molecule has 0 bridgehead atoms. The Morgan fingerprint density at radius 1 is 1.12 bits per heavy atom. The van der Waals surface area contributed by atoms with Crippen LogP contribution in [0.4, 0.5) is 22.0 Å². The number of hydrogen-bond acceptors (Lipinski definition) is 5. The number of ether oxygens (including phenoxy) is 2. The van der Waals surface area contributed by atoms with Crippen molar-refractivity contribution in [3.05, 3.63) is 53.1 Å². The number of alkyl halides is 3. The van der Waals surface area contributed by atoms with Gasteiger partial charge in [0.25, 0.3) is 5.91 Å². The number of carbonyl (C=O) groups is 1. The maximum atomic E-state index is 13.5. The van der Waals surface area contributed by atoms with Crippen LogP contribution < -0.4 is 9.47 Å². The van der Waals surface area contributed by atoms with Gasteiger partial charge in [0.05, 0.1) is 7.11 Å². The van der Waals surface area contributed by atoms with Gasteiger partial charge >= 0.3 is 6.18 Å². The normalized spacial score (nSPS) is 15.7. The van der Waals surface area contributed by atoms with Gasteiger partial charge in [0.2, 0.25) is 0 Å². The van der Waals surface area contributed by atoms with E-state index in [1.165, 1.54) is 11.0 Å². The lowest BCUT2D eigenvalue weighted by Gasteiger charge is -2.40. The summed E-state index contributed by atoms with van der Waals surface area (Å²) in [6.07, 6.45) is -6.16. The largest absolute Gasteiger partial charge is 0.494 e. The van der Waals surface area contributed by atoms with Crippen molar-refractivity contribution < 1.29 is 44.6 Å². The predicted molar refractivity (Wildman–Crippen MR) is 107 cm³/mol. The average Bonchev–Trinajstić information content (AvgIpc) is 2.67. The third-order valence-electron chi connectivity index (χ3n) is 5.25. The molecule has 0 unspecified atom stereocenters. The highest BCUT2D eigenvalue weighted by molar-refractivity contribution is 7.90. The van der Waals surface area contributed by atoms with Gasteiger partial charge in [0, 0.05) is 25.3 Å². The number of amides is 1. The molecule has 0 aliphatic carbocycles. The monoisotopic (exact) mass is 493 g/mol. The van der Waals surface area contributed by atoms with Gasteiger partial charge in [-0.3, -0.25) is 4.79 Å². The van der Waals surface area contributed by atoms with Gasteiger partial charge in [-0.1, -0.05) is 6.07 Å². The third-order valence-corrected chi connectivity index (χ3v) is 6.37. The number of halogens is 5. The average molecular weight is 493 g/mol. The maximum Gasteiger partial charge on any atom is 0.425 e. The van der Waals surface area contributed by atoms with Crippen LogP contribution in [0.5, 0.6) is 11.5 Å². The van der Waals surface area contributed by atoms with Crippen LogP contribution in [0, 0.1) is 11.6 Å². The van der Waals surface area contributed by atoms with Gasteiger partial charge < -0.3 is 14.4 Å². The summed E-state index contributed by atoms with van der Waals surface area (Å²) < 4.78 is 100. The van der Waals surface area contributed by atoms with Crippen molar-refractivity contribution in [2.45, 2.75) is 30.0 Å². The molecule has 1 fully saturated rings. The molecule has 0 radical (unpaired) electrons. The van der Waals surface area contributed by atoms with Crippen LogP contribution in [-0.2, 0) is 9.84 Å². The lowest BCUT2D eigenvalue weighted by Crippen LogP contribution is -2.48. The molecular formula is C21H20F5NO5S. The van der Waals surface area contributed by atoms with E-state index in [0.717, 1.165) is 44.6 Å². The molecule has 2 aromatic carbocycles. The van der Waals surface area contributed by atoms with Gasteiger partial charge in [-0.25, -0.2) is 17.2 Å². The van der Waals surface area contributed by atoms with Gasteiger partial charge in [0.15, 0.2) is 33.3 Å². The van der Waals surface area contributed by atoms with Gasteiger partial charge in [-0.15, -0.1) is 0 Å². The SMILES string of the molecule is COc1c(S(C)(=O)=O)ccc(O[C@@H](C)C(F)(F)F)c1C(=O)N1CC(c2ccc(F)c(F)c2)C1. The van der Waals surface area contributed by atoms with Crippen LogP contribution in [0.15, 0.2) is 35.2 Å². The number of carbonyl (C=O) groups excluding carboxylic acids is 1. The molecule has 33 heavy (non-hydrogen) atoms. The molecule has 1 aliphatic rings. The van der Waals surface area contributed by atoms with Crippen molar-refractivity contribution in [3.63, 3.8) is 0 Å². The number of rotatable bonds is 6. The summed E-state index contributed by atoms with van der Waals surface area (Å²) >= 11 is 0. The maximum absolute atomic E-state index is 13.5. The highest BCUT2D eigenvalue weighted by atomic mass is 32.2. The summed E-state index contributed by atoms with van der Waals surface area (Å²) in [6, 6.07) is 5.31. The summed E-state index contributed by atoms with van der Waals surface area (Å²) in [5, 5.41) is 0. The fraction of sp³-hybridized carbons (Fsp3) is 0.381. The van der Waals surface area contributed by atoms with E-state index in [9.17, 15) is 35.2 Å². The Kier molecular flexibility index (Phi) is 6.60. The lowest BCUT2D eigenvalue weighted by atomic mass is 9.90. The molecule has 1 aliphatic heterocycles. The van der Waals surface area contributed by atoms with E-state index in [4.69, 9.17) is 9.47 Å². The standard InChI is InChI=1S/C21H20F5NO5S/c1-11(21(24,25)26)32-16-6-7-17(33(3,29)30)19(31-2)18(16)20(28)27-9-13(10-27)12-4-5-14(22)15(23)8-12/h4-8,11,13H,9-10H2,1-3H3/t11-/m0/s1. The number of benzene rings is 2. The zero-order valence-electron chi connectivity index (χ0n) is 17.7. The molecule has 0 saturated carbocycles. The molecule has 1 heterocycles. The summed E-state index contributed by atoms with van der Waals surface area (Å²) in [4.78, 5) is 14.0. The number of nitrogens with zero attached hydrogens (tertiary/aromatic N) is 1. The molecule has 180 valence electrons. The van der Waals surface area contributed by atoms with E-state index in [1.807, 2.05) is 0 Å². The Morgan fingerprint density at radius 3 is 2.27 bits per heavy atom. The van der Waals surface area contributed by atoms with E-state index in [0.29, 0.717) is 5.56 Å². The first-order valence-corrected chi connectivity index (χ1v) is 11.5. The molecule has 6 nitrogen and oxygen atoms in total. The smallest absolute Gasteiger partial charge is 0.425 e. The molecular weight excluding hydrogens is 473 g/mol. The van der Waals surface area contributed by atoms with E-state index in [-0.39, 0.29) is 19.0 Å². The second-order valence-electron chi connectivity index (χ2n) is 7.62. The van der Waals surface area contributed by atoms with E-state index in [2.05, 4.69) is 0 Å². The Bertz CT molecular complexity index is 1180. The highest BCUT2D eigenvalue weighted by Gasteiger charge is 2.41. The highest BCUT2D eigenvalue weighted by Crippen LogP contribution is 2.40. The van der Waals surface area contributed by atoms with E-state index < -0.39 is 61.6 Å². The Morgan fingerprint density at radius 2 is 1.76 bits per heavy atom. The lowest BCUT2D eigenvalue weighted by molar-refractivity contribution is -0.189. The zero-order valence-corrected chi connectivity index (χ0v) is 18.6. The first kappa shape index (κ1) is 24.7. The van der Waals surface area contributed by atoms with Crippen molar-refractivity contribution in [1.82, 2.24) is 4.90 Å². The van der Waals surface area contributed by atoms with E-state index in [1.54, 1.807) is 0 Å². The first-order valence-electron chi connectivity index (χ1n) is 9.62. The van der Waals surface area contributed by atoms with Crippen LogP contribution in [0.1, 0.15) is 28.8 Å². The molecule has 1 atom stereocenters. The summed E-state index contributed by atoms with van der Waals surface area (Å²) in [6.45, 7) is 0.836. The van der Waals surface area contributed by atoms with Gasteiger partial charge in [-0.2, -0.15) is 13.2 Å². The summed E-state index contributed by atoms with van der Waals surface area (Å²) in [5.41, 5.74) is -0.0303. The van der Waals surface area contributed by atoms with Gasteiger partial charge in [0.1, 0.15) is 16.2 Å². The minimum absolute atomic E-state index is 0.0461. The van der Waals surface area contributed by atoms with Crippen molar-refractivity contribution >= 4 is 15.7 Å². The number of likely N-dealkylation sites (tertiary alicyclic amines) is 1. The van der Waals surface area contributed by atoms with Crippen LogP contribution in [0.3, 0.4) is 0 Å². The van der Waals surface area contributed by atoms with Crippen LogP contribution in [0.2, 0.25) is 0 Å². The number of sulfone groups is 1. The quantitative estimate of drug-likeness (QED) is 0.570. The van der Waals surface area contributed by atoms with Crippen molar-refractivity contribution in [2.24, 2.45) is 0 Å². The molecule has 0 aromatic heterocycles. The summed E-state index contributed by atoms with van der Waals surface area (Å²) in [7, 11) is -2.82. The Hall–Kier alpha value is -2.89. The van der Waals surface area contributed by atoms with Crippen molar-refractivity contribution in [2.75, 3.05) is 26.5 Å². The third kappa shape index (κ3) is 5.05. The minimum atomic E-state index is -4.74. The molecule has 3 rings (SSSR count). The van der Waals surface area contributed by atoms with Crippen molar-refractivity contribution in [3.8, 4) is 11.5 Å². The zero-order chi connectivity index (χ0) is 24.7. The van der Waals surface area contributed by atoms with Gasteiger partial charge in [-0.05, 0) is 36.8 Å². The second kappa shape index (κ2) is 8.81. The molecule has 0 spiro atoms. The Balaban J connectivity index is 1.97. The Labute approximate surface area is 186 Å². The topological polar surface area (TPSA) is 72.9 Å². The van der Waals surface area contributed by atoms with Crippen molar-refractivity contribution in [1.29, 1.82) is 0 Å². The number of hydrogen-bond donors (Lipinski definition) is 0. The molecule has 12 heteroatoms. The molecule has 2 aromatic rings. The van der Waals surface area contributed by atoms with Crippen LogP contribution in [-0.4, -0.2) is 58.0 Å². The number of methoxy groups -OCH3 is 1. The second-order valence-corrected chi connectivity index (χ2v) is 9.61. The molecule has 1 amide bonds. The molecule has 1 saturated heterocycles. The van der Waals surface area contributed by atoms with Crippen LogP contribution >= 0.6 is 0 Å². The summed E-state index contributed by atoms with van der Waals surface area (Å²) in [5.74, 6) is -4.16. The van der Waals surface area contributed by atoms with E-state index >= 15 is 0 Å². The predicted octanol–water partition coefficient (Wildman–Crippen LogP) is 3.95. The fourth-order valence-electron chi connectivity index (χ4n) is 3.38.